The lowest BCUT2D eigenvalue weighted by atomic mass is 9.90. The van der Waals surface area contributed by atoms with E-state index in [-0.39, 0.29) is 47.9 Å². The van der Waals surface area contributed by atoms with Crippen LogP contribution in [-0.2, 0) is 34.5 Å². The summed E-state index contributed by atoms with van der Waals surface area (Å²) in [5, 5.41) is 25.2. The van der Waals surface area contributed by atoms with Gasteiger partial charge in [0.15, 0.2) is 5.52 Å². The third-order valence-corrected chi connectivity index (χ3v) is 14.0. The zero-order valence-electron chi connectivity index (χ0n) is 39.9. The van der Waals surface area contributed by atoms with Gasteiger partial charge in [0, 0.05) is 57.3 Å². The number of fused-ring (bicyclic) bond motifs is 2. The highest BCUT2D eigenvalue weighted by Crippen LogP contribution is 2.33. The van der Waals surface area contributed by atoms with E-state index in [2.05, 4.69) is 45.1 Å². The molecule has 2 saturated heterocycles. The number of unbranched alkanes of at least 4 members (excludes halogenated alkanes) is 8. The Morgan fingerprint density at radius 3 is 2.20 bits per heavy atom. The van der Waals surface area contributed by atoms with Crippen molar-refractivity contribution in [1.82, 2.24) is 39.8 Å². The molecule has 0 saturated carbocycles. The maximum atomic E-state index is 13.7. The second-order valence-electron chi connectivity index (χ2n) is 19.1. The first-order valence-corrected chi connectivity index (χ1v) is 24.8. The van der Waals surface area contributed by atoms with Gasteiger partial charge in [-0.25, -0.2) is 4.98 Å². The highest BCUT2D eigenvalue weighted by Gasteiger charge is 2.45. The van der Waals surface area contributed by atoms with Crippen molar-refractivity contribution in [3.8, 4) is 11.3 Å². The van der Waals surface area contributed by atoms with Crippen LogP contribution in [0.5, 0.6) is 0 Å². The van der Waals surface area contributed by atoms with Gasteiger partial charge in [-0.3, -0.25) is 48.2 Å². The normalized spacial score (nSPS) is 17.3. The maximum Gasteiger partial charge on any atom is 0.281 e. The summed E-state index contributed by atoms with van der Waals surface area (Å²) in [6.07, 6.45) is 13.1. The number of anilines is 1. The molecule has 69 heavy (non-hydrogen) atoms. The van der Waals surface area contributed by atoms with E-state index in [4.69, 9.17) is 0 Å². The van der Waals surface area contributed by atoms with Crippen molar-refractivity contribution in [3.63, 3.8) is 0 Å². The predicted octanol–water partition coefficient (Wildman–Crippen LogP) is 6.46. The van der Waals surface area contributed by atoms with Crippen molar-refractivity contribution in [2.45, 2.75) is 127 Å². The van der Waals surface area contributed by atoms with Crippen LogP contribution in [0.1, 0.15) is 135 Å². The lowest BCUT2D eigenvalue weighted by Crippen LogP contribution is -2.54. The lowest BCUT2D eigenvalue weighted by molar-refractivity contribution is -0.137. The Morgan fingerprint density at radius 2 is 1.51 bits per heavy atom. The summed E-state index contributed by atoms with van der Waals surface area (Å²) in [5.74, 6) is -1.82. The van der Waals surface area contributed by atoms with Crippen molar-refractivity contribution in [1.29, 1.82) is 0 Å². The fraction of sp³-hybridized carbons (Fsp3) is 0.472. The molecule has 2 atom stereocenters. The Kier molecular flexibility index (Phi) is 15.8. The average molecular weight is 940 g/mol. The number of carbonyl (C=O) groups excluding carboxylic acids is 5. The Bertz CT molecular complexity index is 2710. The molecule has 1 unspecified atom stereocenters. The molecule has 3 aliphatic rings. The summed E-state index contributed by atoms with van der Waals surface area (Å²) >= 11 is 0. The van der Waals surface area contributed by atoms with E-state index in [1.54, 1.807) is 22.9 Å². The Morgan fingerprint density at radius 1 is 0.826 bits per heavy atom. The van der Waals surface area contributed by atoms with Crippen LogP contribution in [0.2, 0.25) is 0 Å². The van der Waals surface area contributed by atoms with Gasteiger partial charge in [0.05, 0.1) is 35.3 Å². The molecular formula is C53H65N9O7. The van der Waals surface area contributed by atoms with E-state index in [1.165, 1.54) is 43.0 Å². The van der Waals surface area contributed by atoms with E-state index in [9.17, 15) is 33.9 Å². The number of aliphatic hydroxyl groups is 1. The molecule has 4 N–H and O–H groups in total. The molecule has 8 rings (SSSR count). The molecule has 0 aliphatic carbocycles. The largest absolute Gasteiger partial charge is 0.388 e. The molecule has 0 radical (unpaired) electrons. The van der Waals surface area contributed by atoms with Gasteiger partial charge in [0.2, 0.25) is 17.7 Å². The van der Waals surface area contributed by atoms with Crippen LogP contribution in [-0.4, -0.2) is 102 Å². The first-order chi connectivity index (χ1) is 33.4. The van der Waals surface area contributed by atoms with Crippen molar-refractivity contribution in [2.24, 2.45) is 7.05 Å². The van der Waals surface area contributed by atoms with E-state index in [0.717, 1.165) is 66.1 Å². The number of amides is 5. The molecule has 5 heterocycles. The molecule has 3 aliphatic heterocycles. The Labute approximate surface area is 402 Å². The summed E-state index contributed by atoms with van der Waals surface area (Å²) in [6, 6.07) is 22.4. The van der Waals surface area contributed by atoms with Crippen LogP contribution >= 0.6 is 0 Å². The Balaban J connectivity index is 0.691. The summed E-state index contributed by atoms with van der Waals surface area (Å²) in [6.45, 7) is 5.38. The standard InChI is InChI=1S/C53H65N9O7/c1-36(38-16-11-10-12-17-38)32-44(64)60-30-26-53(69,27-31-60)34-61-35-56-46-47(52(61)68)58-59(2)48(46)39-22-20-37(21-23-39)33-54-28-13-8-6-4-3-5-7-9-14-29-55-41-19-15-18-40-45(41)51(67)62(50(40)66)42-24-25-43(63)57-49(42)65/h10-12,15-23,35-36,42,54-55,69H,3-9,13-14,24-34H2,1-2H3,(H,57,63,65)/t36-,42?/m1/s1. The molecular weight excluding hydrogens is 875 g/mol. The van der Waals surface area contributed by atoms with E-state index >= 15 is 0 Å². The first kappa shape index (κ1) is 48.9. The number of aromatic nitrogens is 4. The second kappa shape index (κ2) is 22.3. The molecule has 3 aromatic carbocycles. The zero-order valence-corrected chi connectivity index (χ0v) is 39.9. The molecule has 5 aromatic rings. The number of benzene rings is 3. The van der Waals surface area contributed by atoms with Crippen molar-refractivity contribution in [2.75, 3.05) is 31.5 Å². The molecule has 2 fully saturated rings. The molecule has 16 nitrogen and oxygen atoms in total. The second-order valence-corrected chi connectivity index (χ2v) is 19.1. The molecule has 2 aromatic heterocycles. The van der Waals surface area contributed by atoms with Crippen LogP contribution in [0.25, 0.3) is 22.3 Å². The Hall–Kier alpha value is -6.52. The minimum absolute atomic E-state index is 0.0764. The van der Waals surface area contributed by atoms with Gasteiger partial charge in [0.1, 0.15) is 11.6 Å². The number of nitrogens with one attached hydrogen (secondary N) is 3. The van der Waals surface area contributed by atoms with Crippen LogP contribution in [0.4, 0.5) is 5.69 Å². The van der Waals surface area contributed by atoms with Gasteiger partial charge >= 0.3 is 0 Å². The molecule has 0 spiro atoms. The molecule has 5 amide bonds. The van der Waals surface area contributed by atoms with Crippen molar-refractivity contribution in [3.05, 3.63) is 112 Å². The highest BCUT2D eigenvalue weighted by atomic mass is 16.3. The van der Waals surface area contributed by atoms with E-state index < -0.39 is 35.3 Å². The van der Waals surface area contributed by atoms with Gasteiger partial charge < -0.3 is 20.6 Å². The van der Waals surface area contributed by atoms with Crippen molar-refractivity contribution >= 4 is 46.3 Å². The fourth-order valence-electron chi connectivity index (χ4n) is 9.98. The molecule has 0 bridgehead atoms. The monoisotopic (exact) mass is 940 g/mol. The number of piperidine rings is 2. The number of nitrogens with zero attached hydrogens (tertiary/aromatic N) is 6. The number of aryl methyl sites for hydroxylation is 1. The van der Waals surface area contributed by atoms with Gasteiger partial charge in [-0.2, -0.15) is 5.10 Å². The zero-order chi connectivity index (χ0) is 48.5. The number of hydrogen-bond donors (Lipinski definition) is 4. The van der Waals surface area contributed by atoms with Crippen LogP contribution in [0.3, 0.4) is 0 Å². The van der Waals surface area contributed by atoms with E-state index in [0.29, 0.717) is 55.7 Å². The number of hydrogen-bond acceptors (Lipinski definition) is 11. The molecule has 16 heteroatoms. The van der Waals surface area contributed by atoms with E-state index in [1.807, 2.05) is 54.4 Å². The third-order valence-electron chi connectivity index (χ3n) is 14.0. The summed E-state index contributed by atoms with van der Waals surface area (Å²) in [7, 11) is 1.81. The lowest BCUT2D eigenvalue weighted by Gasteiger charge is -2.38. The average Bonchev–Trinajstić information content (AvgIpc) is 3.82. The highest BCUT2D eigenvalue weighted by molar-refractivity contribution is 6.25. The summed E-state index contributed by atoms with van der Waals surface area (Å²) in [5.41, 5.74) is 4.48. The smallest absolute Gasteiger partial charge is 0.281 e. The first-order valence-electron chi connectivity index (χ1n) is 24.8. The number of rotatable bonds is 22. The summed E-state index contributed by atoms with van der Waals surface area (Å²) < 4.78 is 3.14. The summed E-state index contributed by atoms with van der Waals surface area (Å²) in [4.78, 5) is 84.7. The topological polar surface area (TPSA) is 201 Å². The molecule has 364 valence electrons. The maximum absolute atomic E-state index is 13.7. The predicted molar refractivity (Wildman–Crippen MR) is 263 cm³/mol. The SMILES string of the molecule is C[C@H](CC(=O)N1CCC(O)(Cn2cnc3c(-c4ccc(CNCCCCCCCCCCCNc5cccc6c5C(=O)N(C5CCC(=O)NC5=O)C6=O)cc4)n(C)nc3c2=O)CC1)c1ccccc1. The number of carbonyl (C=O) groups is 5. The van der Waals surface area contributed by atoms with Gasteiger partial charge in [-0.15, -0.1) is 0 Å². The van der Waals surface area contributed by atoms with Crippen LogP contribution < -0.4 is 21.5 Å². The number of imide groups is 2. The van der Waals surface area contributed by atoms with Gasteiger partial charge in [-0.05, 0) is 67.8 Å². The van der Waals surface area contributed by atoms with Crippen LogP contribution in [0, 0.1) is 0 Å². The van der Waals surface area contributed by atoms with Gasteiger partial charge in [-0.1, -0.05) is 113 Å². The van der Waals surface area contributed by atoms with Crippen LogP contribution in [0.15, 0.2) is 83.9 Å². The number of likely N-dealkylation sites (tertiary alicyclic amines) is 1. The minimum Gasteiger partial charge on any atom is -0.388 e. The minimum atomic E-state index is -1.13. The van der Waals surface area contributed by atoms with Gasteiger partial charge in [0.25, 0.3) is 17.4 Å². The fourth-order valence-corrected chi connectivity index (χ4v) is 9.98. The quantitative estimate of drug-likeness (QED) is 0.0439. The third kappa shape index (κ3) is 11.5. The van der Waals surface area contributed by atoms with Crippen molar-refractivity contribution < 1.29 is 29.1 Å².